The SMILES string of the molecule is CCOC(=O)C(F)(F)[S@@](=O)c1ncccn1. The molecular weight excluding hydrogens is 242 g/mol. The van der Waals surface area contributed by atoms with Crippen LogP contribution in [-0.4, -0.2) is 32.0 Å². The molecule has 88 valence electrons. The molecule has 5 nitrogen and oxygen atoms in total. The Kier molecular flexibility index (Phi) is 3.99. The lowest BCUT2D eigenvalue weighted by atomic mass is 10.7. The quantitative estimate of drug-likeness (QED) is 0.582. The van der Waals surface area contributed by atoms with E-state index in [-0.39, 0.29) is 6.61 Å². The Hall–Kier alpha value is -1.44. The standard InChI is InChI=1S/C8H8F2N2O3S/c1-2-15-6(13)8(9,10)16(14)7-11-4-3-5-12-7/h3-5H,2H2,1H3/t16-/m0/s1. The molecule has 0 aliphatic rings. The molecule has 0 fully saturated rings. The van der Waals surface area contributed by atoms with Gasteiger partial charge in [-0.15, -0.1) is 0 Å². The average Bonchev–Trinajstić information content (AvgIpc) is 2.29. The molecule has 0 N–H and O–H groups in total. The lowest BCUT2D eigenvalue weighted by Crippen LogP contribution is -2.36. The van der Waals surface area contributed by atoms with E-state index in [1.807, 2.05) is 0 Å². The van der Waals surface area contributed by atoms with Gasteiger partial charge < -0.3 is 4.74 Å². The predicted octanol–water partition coefficient (Wildman–Crippen LogP) is 0.740. The van der Waals surface area contributed by atoms with Crippen LogP contribution in [0.2, 0.25) is 0 Å². The summed E-state index contributed by atoms with van der Waals surface area (Å²) in [7, 11) is -2.96. The maximum absolute atomic E-state index is 13.2. The summed E-state index contributed by atoms with van der Waals surface area (Å²) in [5, 5.41) is -4.75. The zero-order chi connectivity index (χ0) is 12.2. The van der Waals surface area contributed by atoms with Gasteiger partial charge in [-0.1, -0.05) is 0 Å². The van der Waals surface area contributed by atoms with Crippen molar-refractivity contribution in [1.29, 1.82) is 0 Å². The Morgan fingerprint density at radius 2 is 2.06 bits per heavy atom. The highest BCUT2D eigenvalue weighted by atomic mass is 32.2. The van der Waals surface area contributed by atoms with Crippen LogP contribution < -0.4 is 0 Å². The van der Waals surface area contributed by atoms with Gasteiger partial charge in [-0.25, -0.2) is 19.0 Å². The van der Waals surface area contributed by atoms with E-state index < -0.39 is 27.2 Å². The first-order valence-electron chi connectivity index (χ1n) is 4.24. The number of nitrogens with zero attached hydrogens (tertiary/aromatic N) is 2. The van der Waals surface area contributed by atoms with E-state index >= 15 is 0 Å². The Balaban J connectivity index is 2.92. The Bertz CT molecular complexity index is 400. The number of rotatable bonds is 4. The van der Waals surface area contributed by atoms with E-state index in [4.69, 9.17) is 0 Å². The summed E-state index contributed by atoms with van der Waals surface area (Å²) in [4.78, 5) is 17.6. The highest BCUT2D eigenvalue weighted by molar-refractivity contribution is 7.86. The van der Waals surface area contributed by atoms with Crippen molar-refractivity contribution in [3.63, 3.8) is 0 Å². The van der Waals surface area contributed by atoms with E-state index in [0.717, 1.165) is 12.4 Å². The van der Waals surface area contributed by atoms with E-state index in [1.165, 1.54) is 13.0 Å². The second-order valence-corrected chi connectivity index (χ2v) is 3.95. The number of carbonyl (C=O) groups excluding carboxylic acids is 1. The van der Waals surface area contributed by atoms with Crippen molar-refractivity contribution in [2.24, 2.45) is 0 Å². The summed E-state index contributed by atoms with van der Waals surface area (Å²) in [5.74, 6) is -1.85. The van der Waals surface area contributed by atoms with Gasteiger partial charge in [0, 0.05) is 12.4 Å². The van der Waals surface area contributed by atoms with Gasteiger partial charge in [0.25, 0.3) is 0 Å². The fourth-order valence-electron chi connectivity index (χ4n) is 0.787. The summed E-state index contributed by atoms with van der Waals surface area (Å²) in [6, 6.07) is 1.38. The first-order valence-corrected chi connectivity index (χ1v) is 5.39. The third kappa shape index (κ3) is 2.57. The third-order valence-electron chi connectivity index (χ3n) is 1.45. The van der Waals surface area contributed by atoms with Gasteiger partial charge >= 0.3 is 11.2 Å². The highest BCUT2D eigenvalue weighted by Gasteiger charge is 2.49. The minimum Gasteiger partial charge on any atom is -0.461 e. The fourth-order valence-corrected chi connectivity index (χ4v) is 1.54. The predicted molar refractivity (Wildman–Crippen MR) is 50.0 cm³/mol. The number of alkyl halides is 2. The van der Waals surface area contributed by atoms with Crippen LogP contribution in [0.3, 0.4) is 0 Å². The molecule has 0 radical (unpaired) electrons. The van der Waals surface area contributed by atoms with Crippen molar-refractivity contribution in [2.75, 3.05) is 6.61 Å². The summed E-state index contributed by atoms with van der Waals surface area (Å²) in [6.45, 7) is 1.15. The van der Waals surface area contributed by atoms with E-state index in [2.05, 4.69) is 14.7 Å². The van der Waals surface area contributed by atoms with Crippen LogP contribution in [0.25, 0.3) is 0 Å². The lowest BCUT2D eigenvalue weighted by Gasteiger charge is -2.12. The van der Waals surface area contributed by atoms with Gasteiger partial charge in [-0.2, -0.15) is 8.78 Å². The lowest BCUT2D eigenvalue weighted by molar-refractivity contribution is -0.159. The van der Waals surface area contributed by atoms with Crippen molar-refractivity contribution < 1.29 is 22.5 Å². The summed E-state index contributed by atoms with van der Waals surface area (Å²) in [5.41, 5.74) is 0. The number of esters is 1. The Morgan fingerprint density at radius 3 is 2.56 bits per heavy atom. The van der Waals surface area contributed by atoms with Gasteiger partial charge in [-0.05, 0) is 13.0 Å². The maximum atomic E-state index is 13.2. The number of carbonyl (C=O) groups is 1. The third-order valence-corrected chi connectivity index (χ3v) is 2.63. The number of hydrogen-bond donors (Lipinski definition) is 0. The molecule has 0 unspecified atom stereocenters. The molecule has 0 saturated carbocycles. The van der Waals surface area contributed by atoms with Gasteiger partial charge in [0.2, 0.25) is 5.16 Å². The summed E-state index contributed by atoms with van der Waals surface area (Å²) in [6.07, 6.45) is 2.31. The molecule has 1 aromatic heterocycles. The van der Waals surface area contributed by atoms with Crippen LogP contribution in [0.5, 0.6) is 0 Å². The number of ether oxygens (including phenoxy) is 1. The van der Waals surface area contributed by atoms with Gasteiger partial charge in [0.15, 0.2) is 10.8 Å². The highest BCUT2D eigenvalue weighted by Crippen LogP contribution is 2.24. The Morgan fingerprint density at radius 1 is 1.50 bits per heavy atom. The molecule has 1 rings (SSSR count). The second-order valence-electron chi connectivity index (χ2n) is 2.54. The summed E-state index contributed by atoms with van der Waals surface area (Å²) >= 11 is 0. The minimum atomic E-state index is -4.14. The van der Waals surface area contributed by atoms with Gasteiger partial charge in [0.05, 0.1) is 6.61 Å². The van der Waals surface area contributed by atoms with Crippen molar-refractivity contribution in [3.8, 4) is 0 Å². The Labute approximate surface area is 92.3 Å². The number of halogens is 2. The molecule has 1 atom stereocenters. The van der Waals surface area contributed by atoms with Gasteiger partial charge in [-0.3, -0.25) is 0 Å². The minimum absolute atomic E-state index is 0.221. The van der Waals surface area contributed by atoms with Crippen LogP contribution >= 0.6 is 0 Å². The van der Waals surface area contributed by atoms with Crippen molar-refractivity contribution >= 4 is 16.8 Å². The molecule has 8 heteroatoms. The normalized spacial score (nSPS) is 13.2. The average molecular weight is 250 g/mol. The summed E-state index contributed by atoms with van der Waals surface area (Å²) < 4.78 is 41.9. The zero-order valence-corrected chi connectivity index (χ0v) is 9.04. The molecule has 1 heterocycles. The smallest absolute Gasteiger partial charge is 0.422 e. The van der Waals surface area contributed by atoms with Crippen LogP contribution in [0.1, 0.15) is 6.92 Å². The molecule has 16 heavy (non-hydrogen) atoms. The van der Waals surface area contributed by atoms with Crippen LogP contribution in [0.4, 0.5) is 8.78 Å². The second kappa shape index (κ2) is 5.06. The fraction of sp³-hybridized carbons (Fsp3) is 0.375. The van der Waals surface area contributed by atoms with Crippen molar-refractivity contribution in [1.82, 2.24) is 9.97 Å². The topological polar surface area (TPSA) is 69.2 Å². The van der Waals surface area contributed by atoms with E-state index in [1.54, 1.807) is 0 Å². The monoisotopic (exact) mass is 250 g/mol. The molecular formula is C8H8F2N2O3S. The van der Waals surface area contributed by atoms with Crippen LogP contribution in [0.15, 0.2) is 23.6 Å². The van der Waals surface area contributed by atoms with Gasteiger partial charge in [0.1, 0.15) is 0 Å². The molecule has 0 aliphatic heterocycles. The molecule has 0 aromatic carbocycles. The number of aromatic nitrogens is 2. The molecule has 0 bridgehead atoms. The van der Waals surface area contributed by atoms with Crippen LogP contribution in [-0.2, 0) is 20.3 Å². The number of hydrogen-bond acceptors (Lipinski definition) is 5. The first-order chi connectivity index (χ1) is 7.50. The first kappa shape index (κ1) is 12.6. The van der Waals surface area contributed by atoms with E-state index in [9.17, 15) is 17.8 Å². The van der Waals surface area contributed by atoms with Crippen molar-refractivity contribution in [2.45, 2.75) is 17.3 Å². The van der Waals surface area contributed by atoms with Crippen LogP contribution in [0, 0.1) is 0 Å². The largest absolute Gasteiger partial charge is 0.461 e. The zero-order valence-electron chi connectivity index (χ0n) is 8.22. The van der Waals surface area contributed by atoms with Crippen molar-refractivity contribution in [3.05, 3.63) is 18.5 Å². The van der Waals surface area contributed by atoms with E-state index in [0.29, 0.717) is 0 Å². The molecule has 0 amide bonds. The molecule has 0 aliphatic carbocycles. The molecule has 1 aromatic rings. The molecule has 0 saturated heterocycles. The molecule has 0 spiro atoms. The maximum Gasteiger partial charge on any atom is 0.422 e.